The molecule has 0 radical (unpaired) electrons. The van der Waals surface area contributed by atoms with Crippen molar-refractivity contribution >= 4 is 15.9 Å². The number of aromatic nitrogens is 2. The number of nitrogens with one attached hydrogen (secondary N) is 1. The van der Waals surface area contributed by atoms with Gasteiger partial charge >= 0.3 is 0 Å². The Morgan fingerprint density at radius 3 is 2.86 bits per heavy atom. The molecule has 118 valence electrons. The fraction of sp³-hybridized carbons (Fsp3) is 0.667. The van der Waals surface area contributed by atoms with Crippen molar-refractivity contribution in [2.75, 3.05) is 19.3 Å². The van der Waals surface area contributed by atoms with Crippen LogP contribution in [0.25, 0.3) is 0 Å². The largest absolute Gasteiger partial charge is 0.339 e. The van der Waals surface area contributed by atoms with Crippen molar-refractivity contribution in [1.82, 2.24) is 19.4 Å². The lowest BCUT2D eigenvalue weighted by molar-refractivity contribution is -0.134. The lowest BCUT2D eigenvalue weighted by Gasteiger charge is -2.34. The summed E-state index contributed by atoms with van der Waals surface area (Å²) in [5.41, 5.74) is 6.63. The van der Waals surface area contributed by atoms with E-state index in [-0.39, 0.29) is 11.9 Å². The normalized spacial score (nSPS) is 21.3. The average Bonchev–Trinajstić information content (AvgIpc) is 2.82. The van der Waals surface area contributed by atoms with Crippen LogP contribution in [0.15, 0.2) is 12.4 Å². The molecule has 0 saturated carbocycles. The fourth-order valence-corrected chi connectivity index (χ4v) is 3.31. The zero-order valence-corrected chi connectivity index (χ0v) is 13.0. The van der Waals surface area contributed by atoms with E-state index in [0.29, 0.717) is 18.7 Å². The maximum Gasteiger partial charge on any atom is 0.244 e. The Morgan fingerprint density at radius 1 is 1.57 bits per heavy atom. The van der Waals surface area contributed by atoms with E-state index in [0.717, 1.165) is 19.1 Å². The highest BCUT2D eigenvalue weighted by Gasteiger charge is 2.29. The summed E-state index contributed by atoms with van der Waals surface area (Å²) in [6.45, 7) is 0.939. The van der Waals surface area contributed by atoms with Crippen LogP contribution in [-0.2, 0) is 21.9 Å². The number of nitrogens with two attached hydrogens (primary N) is 1. The molecular formula is C12H21N5O3S. The highest BCUT2D eigenvalue weighted by molar-refractivity contribution is 7.88. The lowest BCUT2D eigenvalue weighted by Crippen LogP contribution is -2.51. The quantitative estimate of drug-likeness (QED) is 0.737. The minimum atomic E-state index is -3.27. The van der Waals surface area contributed by atoms with Gasteiger partial charge in [0.25, 0.3) is 0 Å². The van der Waals surface area contributed by atoms with Crippen molar-refractivity contribution in [3.8, 4) is 0 Å². The molecule has 9 heteroatoms. The maximum atomic E-state index is 12.4. The first kappa shape index (κ1) is 15.9. The summed E-state index contributed by atoms with van der Waals surface area (Å²) in [6.07, 6.45) is 5.87. The van der Waals surface area contributed by atoms with Crippen LogP contribution in [0.1, 0.15) is 24.4 Å². The zero-order chi connectivity index (χ0) is 15.6. The van der Waals surface area contributed by atoms with Crippen LogP contribution in [0.3, 0.4) is 0 Å². The van der Waals surface area contributed by atoms with Crippen molar-refractivity contribution in [2.45, 2.75) is 24.9 Å². The van der Waals surface area contributed by atoms with Gasteiger partial charge in [0.1, 0.15) is 6.04 Å². The van der Waals surface area contributed by atoms with Gasteiger partial charge < -0.3 is 10.6 Å². The zero-order valence-electron chi connectivity index (χ0n) is 12.2. The standard InChI is InChI=1S/C12H21N5O3S/c1-16-7-9(6-14-16)11(13)12(18)17-5-3-4-10(8-17)15-21(2,19)20/h6-7,10-11,15H,3-5,8,13H2,1-2H3. The molecule has 2 heterocycles. The Morgan fingerprint density at radius 2 is 2.29 bits per heavy atom. The molecule has 21 heavy (non-hydrogen) atoms. The number of carbonyl (C=O) groups is 1. The molecule has 1 amide bonds. The van der Waals surface area contributed by atoms with Gasteiger partial charge in [-0.05, 0) is 12.8 Å². The Hall–Kier alpha value is -1.45. The molecule has 1 aromatic heterocycles. The monoisotopic (exact) mass is 315 g/mol. The fourth-order valence-electron chi connectivity index (χ4n) is 2.52. The van der Waals surface area contributed by atoms with Crippen LogP contribution >= 0.6 is 0 Å². The van der Waals surface area contributed by atoms with Gasteiger partial charge in [-0.15, -0.1) is 0 Å². The third-order valence-electron chi connectivity index (χ3n) is 3.46. The van der Waals surface area contributed by atoms with E-state index in [4.69, 9.17) is 5.73 Å². The van der Waals surface area contributed by atoms with Gasteiger partial charge in [0, 0.05) is 37.9 Å². The summed E-state index contributed by atoms with van der Waals surface area (Å²) in [7, 11) is -1.52. The van der Waals surface area contributed by atoms with Gasteiger partial charge in [0.15, 0.2) is 0 Å². The molecule has 2 atom stereocenters. The van der Waals surface area contributed by atoms with E-state index < -0.39 is 16.1 Å². The van der Waals surface area contributed by atoms with Crippen LogP contribution in [0.4, 0.5) is 0 Å². The smallest absolute Gasteiger partial charge is 0.244 e. The van der Waals surface area contributed by atoms with Gasteiger partial charge in [-0.1, -0.05) is 0 Å². The number of hydrogen-bond donors (Lipinski definition) is 2. The summed E-state index contributed by atoms with van der Waals surface area (Å²) >= 11 is 0. The Kier molecular flexibility index (Phi) is 4.64. The lowest BCUT2D eigenvalue weighted by atomic mass is 10.0. The molecule has 3 N–H and O–H groups in total. The molecule has 0 bridgehead atoms. The maximum absolute atomic E-state index is 12.4. The molecule has 8 nitrogen and oxygen atoms in total. The molecule has 1 aliphatic heterocycles. The predicted molar refractivity (Wildman–Crippen MR) is 77.7 cm³/mol. The molecule has 1 aromatic rings. The summed E-state index contributed by atoms with van der Waals surface area (Å²) in [5.74, 6) is -0.206. The minimum absolute atomic E-state index is 0.206. The average molecular weight is 315 g/mol. The second kappa shape index (κ2) is 6.12. The Bertz CT molecular complexity index is 612. The van der Waals surface area contributed by atoms with Gasteiger partial charge in [-0.25, -0.2) is 13.1 Å². The number of aryl methyl sites for hydroxylation is 1. The van der Waals surface area contributed by atoms with E-state index in [2.05, 4.69) is 9.82 Å². The minimum Gasteiger partial charge on any atom is -0.339 e. The number of carbonyl (C=O) groups excluding carboxylic acids is 1. The molecule has 0 aliphatic carbocycles. The van der Waals surface area contributed by atoms with Crippen molar-refractivity contribution in [3.05, 3.63) is 18.0 Å². The van der Waals surface area contributed by atoms with E-state index in [1.54, 1.807) is 29.0 Å². The summed E-state index contributed by atoms with van der Waals surface area (Å²) in [6, 6.07) is -1.02. The number of nitrogens with zero attached hydrogens (tertiary/aromatic N) is 3. The van der Waals surface area contributed by atoms with Crippen LogP contribution in [0, 0.1) is 0 Å². The number of amides is 1. The van der Waals surface area contributed by atoms with E-state index in [1.165, 1.54) is 0 Å². The van der Waals surface area contributed by atoms with E-state index >= 15 is 0 Å². The third kappa shape index (κ3) is 4.26. The SMILES string of the molecule is Cn1cc(C(N)C(=O)N2CCCC(NS(C)(=O)=O)C2)cn1. The highest BCUT2D eigenvalue weighted by Crippen LogP contribution is 2.17. The predicted octanol–water partition coefficient (Wildman–Crippen LogP) is -1.04. The van der Waals surface area contributed by atoms with Crippen molar-refractivity contribution < 1.29 is 13.2 Å². The summed E-state index contributed by atoms with van der Waals surface area (Å²) in [4.78, 5) is 14.0. The second-order valence-corrected chi connectivity index (χ2v) is 7.22. The molecule has 0 aromatic carbocycles. The third-order valence-corrected chi connectivity index (χ3v) is 4.23. The first-order valence-corrected chi connectivity index (χ1v) is 8.65. The summed E-state index contributed by atoms with van der Waals surface area (Å²) < 4.78 is 26.7. The van der Waals surface area contributed by atoms with Gasteiger partial charge in [0.05, 0.1) is 12.5 Å². The number of piperidine rings is 1. The van der Waals surface area contributed by atoms with Crippen LogP contribution in [-0.4, -0.2) is 54.4 Å². The topological polar surface area (TPSA) is 110 Å². The van der Waals surface area contributed by atoms with Gasteiger partial charge in [-0.3, -0.25) is 9.48 Å². The van der Waals surface area contributed by atoms with Crippen molar-refractivity contribution in [1.29, 1.82) is 0 Å². The Balaban J connectivity index is 2.02. The molecule has 0 spiro atoms. The second-order valence-electron chi connectivity index (χ2n) is 5.44. The number of likely N-dealkylation sites (tertiary alicyclic amines) is 1. The van der Waals surface area contributed by atoms with Crippen molar-refractivity contribution in [2.24, 2.45) is 12.8 Å². The molecule has 1 fully saturated rings. The molecule has 1 saturated heterocycles. The first-order chi connectivity index (χ1) is 9.76. The van der Waals surface area contributed by atoms with Gasteiger partial charge in [-0.2, -0.15) is 5.10 Å². The molecule has 2 unspecified atom stereocenters. The van der Waals surface area contributed by atoms with Crippen LogP contribution < -0.4 is 10.5 Å². The molecule has 2 rings (SSSR count). The van der Waals surface area contributed by atoms with Crippen LogP contribution in [0.2, 0.25) is 0 Å². The highest BCUT2D eigenvalue weighted by atomic mass is 32.2. The van der Waals surface area contributed by atoms with Gasteiger partial charge in [0.2, 0.25) is 15.9 Å². The number of sulfonamides is 1. The Labute approximate surface area is 124 Å². The number of rotatable bonds is 4. The van der Waals surface area contributed by atoms with Crippen molar-refractivity contribution in [3.63, 3.8) is 0 Å². The van der Waals surface area contributed by atoms with E-state index in [9.17, 15) is 13.2 Å². The first-order valence-electron chi connectivity index (χ1n) is 6.76. The van der Waals surface area contributed by atoms with E-state index in [1.807, 2.05) is 0 Å². The summed E-state index contributed by atoms with van der Waals surface area (Å²) in [5, 5.41) is 4.00. The van der Waals surface area contributed by atoms with Crippen LogP contribution in [0.5, 0.6) is 0 Å². The molecule has 1 aliphatic rings. The number of hydrogen-bond acceptors (Lipinski definition) is 5. The molecular weight excluding hydrogens is 294 g/mol.